The van der Waals surface area contributed by atoms with Crippen LogP contribution in [-0.2, 0) is 0 Å². The lowest BCUT2D eigenvalue weighted by Crippen LogP contribution is -2.46. The first kappa shape index (κ1) is 12.6. The molecule has 2 heterocycles. The quantitative estimate of drug-likeness (QED) is 0.771. The van der Waals surface area contributed by atoms with Crippen LogP contribution < -0.4 is 4.90 Å². The van der Waals surface area contributed by atoms with Crippen molar-refractivity contribution in [2.24, 2.45) is 0 Å². The number of ketones is 1. The number of hydrogen-bond donors (Lipinski definition) is 0. The highest BCUT2D eigenvalue weighted by Crippen LogP contribution is 2.43. The first-order valence-electron chi connectivity index (χ1n) is 7.80. The molecule has 0 radical (unpaired) electrons. The molecule has 2 aliphatic heterocycles. The summed E-state index contributed by atoms with van der Waals surface area (Å²) in [5.41, 5.74) is 3.40. The average molecular weight is 277 g/mol. The summed E-state index contributed by atoms with van der Waals surface area (Å²) in [5.74, 6) is 0.306. The van der Waals surface area contributed by atoms with E-state index < -0.39 is 0 Å². The maximum Gasteiger partial charge on any atom is 0.167 e. The van der Waals surface area contributed by atoms with Crippen molar-refractivity contribution in [1.82, 2.24) is 0 Å². The fourth-order valence-electron chi connectivity index (χ4n) is 3.91. The summed E-state index contributed by atoms with van der Waals surface area (Å²) in [4.78, 5) is 14.9. The minimum absolute atomic E-state index is 0.306. The van der Waals surface area contributed by atoms with E-state index in [1.807, 2.05) is 18.2 Å². The molecule has 0 saturated carbocycles. The molecule has 0 N–H and O–H groups in total. The van der Waals surface area contributed by atoms with Crippen LogP contribution in [0.15, 0.2) is 54.6 Å². The highest BCUT2D eigenvalue weighted by molar-refractivity contribution is 6.03. The van der Waals surface area contributed by atoms with Crippen molar-refractivity contribution in [3.05, 3.63) is 65.7 Å². The number of carbonyl (C=O) groups is 1. The van der Waals surface area contributed by atoms with E-state index in [9.17, 15) is 4.79 Å². The Morgan fingerprint density at radius 3 is 2.52 bits per heavy atom. The predicted octanol–water partition coefficient (Wildman–Crippen LogP) is 4.37. The second-order valence-electron chi connectivity index (χ2n) is 6.06. The number of anilines is 1. The van der Waals surface area contributed by atoms with Crippen molar-refractivity contribution in [3.8, 4) is 0 Å². The van der Waals surface area contributed by atoms with E-state index in [2.05, 4.69) is 41.3 Å². The molecular formula is C19H19NO. The Morgan fingerprint density at radius 1 is 0.905 bits per heavy atom. The van der Waals surface area contributed by atoms with Crippen LogP contribution in [0, 0.1) is 0 Å². The van der Waals surface area contributed by atoms with Crippen LogP contribution >= 0.6 is 0 Å². The molecule has 2 aromatic carbocycles. The summed E-state index contributed by atoms with van der Waals surface area (Å²) in [6.07, 6.45) is 4.17. The van der Waals surface area contributed by atoms with Crippen molar-refractivity contribution in [1.29, 1.82) is 0 Å². The normalized spacial score (nSPS) is 24.4. The molecule has 4 rings (SSSR count). The molecule has 1 fully saturated rings. The molecule has 2 aromatic rings. The van der Waals surface area contributed by atoms with Gasteiger partial charge in [-0.1, -0.05) is 42.5 Å². The van der Waals surface area contributed by atoms with Crippen LogP contribution in [0.3, 0.4) is 0 Å². The summed E-state index contributed by atoms with van der Waals surface area (Å²) < 4.78 is 0. The number of piperidine rings is 1. The van der Waals surface area contributed by atoms with Gasteiger partial charge in [0.2, 0.25) is 0 Å². The predicted molar refractivity (Wildman–Crippen MR) is 84.7 cm³/mol. The molecule has 0 amide bonds. The number of nitrogens with zero attached hydrogens (tertiary/aromatic N) is 1. The van der Waals surface area contributed by atoms with Crippen molar-refractivity contribution < 1.29 is 4.79 Å². The molecule has 2 heteroatoms. The molecule has 0 aliphatic carbocycles. The van der Waals surface area contributed by atoms with Gasteiger partial charge in [0.05, 0.1) is 6.04 Å². The third-order valence-electron chi connectivity index (χ3n) is 4.83. The number of carbonyl (C=O) groups excluding carboxylic acids is 1. The standard InChI is InChI=1S/C19H19NO/c21-19-13-15-9-6-12-17(14-7-2-1-3-8-14)20(15)18-11-5-4-10-16(18)19/h1-5,7-8,10-11,15,17H,6,9,12-13H2. The van der Waals surface area contributed by atoms with Crippen LogP contribution in [0.1, 0.15) is 47.6 Å². The summed E-state index contributed by atoms with van der Waals surface area (Å²) in [6, 6.07) is 19.6. The van der Waals surface area contributed by atoms with Crippen LogP contribution in [-0.4, -0.2) is 11.8 Å². The molecule has 0 spiro atoms. The van der Waals surface area contributed by atoms with E-state index in [1.165, 1.54) is 18.4 Å². The number of para-hydroxylation sites is 1. The van der Waals surface area contributed by atoms with Gasteiger partial charge in [-0.2, -0.15) is 0 Å². The molecule has 1 saturated heterocycles. The van der Waals surface area contributed by atoms with E-state index >= 15 is 0 Å². The Kier molecular flexibility index (Phi) is 3.03. The van der Waals surface area contributed by atoms with Crippen LogP contribution in [0.4, 0.5) is 5.69 Å². The average Bonchev–Trinajstić information content (AvgIpc) is 2.55. The fourth-order valence-corrected chi connectivity index (χ4v) is 3.91. The SMILES string of the molecule is O=C1CC2CCCC(c3ccccc3)N2c2ccccc21. The van der Waals surface area contributed by atoms with E-state index in [0.29, 0.717) is 24.3 Å². The molecular weight excluding hydrogens is 258 g/mol. The number of rotatable bonds is 1. The molecule has 21 heavy (non-hydrogen) atoms. The van der Waals surface area contributed by atoms with E-state index in [-0.39, 0.29) is 0 Å². The fraction of sp³-hybridized carbons (Fsp3) is 0.316. The molecule has 2 unspecified atom stereocenters. The number of hydrogen-bond acceptors (Lipinski definition) is 2. The monoisotopic (exact) mass is 277 g/mol. The second kappa shape index (κ2) is 5.03. The first-order valence-corrected chi connectivity index (χ1v) is 7.80. The molecule has 2 aliphatic rings. The van der Waals surface area contributed by atoms with Crippen molar-refractivity contribution >= 4 is 11.5 Å². The highest BCUT2D eigenvalue weighted by Gasteiger charge is 2.38. The van der Waals surface area contributed by atoms with Gasteiger partial charge in [-0.3, -0.25) is 4.79 Å². The lowest BCUT2D eigenvalue weighted by molar-refractivity contribution is 0.0957. The maximum atomic E-state index is 12.4. The van der Waals surface area contributed by atoms with Crippen molar-refractivity contribution in [2.75, 3.05) is 4.90 Å². The van der Waals surface area contributed by atoms with Crippen LogP contribution in [0.25, 0.3) is 0 Å². The maximum absolute atomic E-state index is 12.4. The first-order chi connectivity index (χ1) is 10.3. The van der Waals surface area contributed by atoms with Gasteiger partial charge in [0.25, 0.3) is 0 Å². The van der Waals surface area contributed by atoms with Crippen LogP contribution in [0.2, 0.25) is 0 Å². The largest absolute Gasteiger partial charge is 0.360 e. The van der Waals surface area contributed by atoms with Gasteiger partial charge in [0.1, 0.15) is 0 Å². The van der Waals surface area contributed by atoms with Gasteiger partial charge in [0, 0.05) is 23.7 Å². The number of benzene rings is 2. The molecule has 2 atom stereocenters. The Balaban J connectivity index is 1.82. The highest BCUT2D eigenvalue weighted by atomic mass is 16.1. The third kappa shape index (κ3) is 2.06. The van der Waals surface area contributed by atoms with Gasteiger partial charge < -0.3 is 4.90 Å². The molecule has 106 valence electrons. The minimum Gasteiger partial charge on any atom is -0.360 e. The summed E-state index contributed by atoms with van der Waals surface area (Å²) >= 11 is 0. The third-order valence-corrected chi connectivity index (χ3v) is 4.83. The zero-order chi connectivity index (χ0) is 14.2. The Hall–Kier alpha value is -2.09. The van der Waals surface area contributed by atoms with E-state index in [1.54, 1.807) is 0 Å². The molecule has 0 bridgehead atoms. The van der Waals surface area contributed by atoms with Crippen molar-refractivity contribution in [3.63, 3.8) is 0 Å². The van der Waals surface area contributed by atoms with Gasteiger partial charge in [0.15, 0.2) is 5.78 Å². The topological polar surface area (TPSA) is 20.3 Å². The molecule has 2 nitrogen and oxygen atoms in total. The Bertz CT molecular complexity index is 664. The second-order valence-corrected chi connectivity index (χ2v) is 6.06. The van der Waals surface area contributed by atoms with E-state index in [0.717, 1.165) is 17.7 Å². The zero-order valence-corrected chi connectivity index (χ0v) is 12.0. The Labute approximate surface area is 125 Å². The Morgan fingerprint density at radius 2 is 1.67 bits per heavy atom. The number of fused-ring (bicyclic) bond motifs is 3. The van der Waals surface area contributed by atoms with Gasteiger partial charge in [-0.15, -0.1) is 0 Å². The lowest BCUT2D eigenvalue weighted by Gasteiger charge is -2.47. The van der Waals surface area contributed by atoms with Gasteiger partial charge in [-0.25, -0.2) is 0 Å². The van der Waals surface area contributed by atoms with Crippen molar-refractivity contribution in [2.45, 2.75) is 37.8 Å². The summed E-state index contributed by atoms with van der Waals surface area (Å²) in [5, 5.41) is 0. The summed E-state index contributed by atoms with van der Waals surface area (Å²) in [7, 11) is 0. The zero-order valence-electron chi connectivity index (χ0n) is 12.0. The van der Waals surface area contributed by atoms with E-state index in [4.69, 9.17) is 0 Å². The minimum atomic E-state index is 0.306. The molecule has 0 aromatic heterocycles. The summed E-state index contributed by atoms with van der Waals surface area (Å²) in [6.45, 7) is 0. The lowest BCUT2D eigenvalue weighted by atomic mass is 9.83. The van der Waals surface area contributed by atoms with Crippen LogP contribution in [0.5, 0.6) is 0 Å². The number of Topliss-reactive ketones (excluding diaryl/α,β-unsaturated/α-hetero) is 1. The van der Waals surface area contributed by atoms with Gasteiger partial charge in [-0.05, 0) is 37.0 Å². The smallest absolute Gasteiger partial charge is 0.167 e. The van der Waals surface area contributed by atoms with Gasteiger partial charge >= 0.3 is 0 Å².